The lowest BCUT2D eigenvalue weighted by molar-refractivity contribution is -0.141. The van der Waals surface area contributed by atoms with Gasteiger partial charge < -0.3 is 9.47 Å². The largest absolute Gasteiger partial charge is 0.469 e. The highest BCUT2D eigenvalue weighted by Gasteiger charge is 2.47. The third-order valence-electron chi connectivity index (χ3n) is 5.30. The van der Waals surface area contributed by atoms with E-state index in [0.717, 1.165) is 0 Å². The number of carbonyl (C=O) groups is 3. The van der Waals surface area contributed by atoms with Crippen LogP contribution in [-0.4, -0.2) is 24.6 Å². The van der Waals surface area contributed by atoms with E-state index >= 15 is 0 Å². The summed E-state index contributed by atoms with van der Waals surface area (Å²) in [6, 6.07) is 0. The molecular formula is C20H26O5. The summed E-state index contributed by atoms with van der Waals surface area (Å²) >= 11 is 0. The minimum absolute atomic E-state index is 0.00979. The van der Waals surface area contributed by atoms with E-state index in [0.29, 0.717) is 48.3 Å². The van der Waals surface area contributed by atoms with Crippen molar-refractivity contribution in [3.63, 3.8) is 0 Å². The third-order valence-corrected chi connectivity index (χ3v) is 5.30. The van der Waals surface area contributed by atoms with Crippen molar-refractivity contribution in [3.05, 3.63) is 22.7 Å². The Bertz CT molecular complexity index is 668. The lowest BCUT2D eigenvalue weighted by atomic mass is 9.66. The van der Waals surface area contributed by atoms with E-state index in [1.165, 1.54) is 7.11 Å². The van der Waals surface area contributed by atoms with Crippen LogP contribution in [0.5, 0.6) is 0 Å². The van der Waals surface area contributed by atoms with Crippen LogP contribution in [0.2, 0.25) is 0 Å². The molecule has 0 aromatic rings. The maximum Gasteiger partial charge on any atom is 0.306 e. The fraction of sp³-hybridized carbons (Fsp3) is 0.650. The highest BCUT2D eigenvalue weighted by atomic mass is 16.5. The first-order valence-corrected chi connectivity index (χ1v) is 8.80. The van der Waals surface area contributed by atoms with Gasteiger partial charge in [0, 0.05) is 42.7 Å². The Morgan fingerprint density at radius 2 is 1.40 bits per heavy atom. The first kappa shape index (κ1) is 17.9. The molecule has 3 aliphatic rings. The van der Waals surface area contributed by atoms with Gasteiger partial charge in [-0.15, -0.1) is 0 Å². The van der Waals surface area contributed by atoms with Gasteiger partial charge >= 0.3 is 5.97 Å². The van der Waals surface area contributed by atoms with Crippen LogP contribution in [-0.2, 0) is 23.9 Å². The number of carbonyl (C=O) groups excluding carboxylic acids is 3. The molecular weight excluding hydrogens is 320 g/mol. The molecule has 136 valence electrons. The molecule has 0 N–H and O–H groups in total. The first-order valence-electron chi connectivity index (χ1n) is 8.80. The number of ether oxygens (including phenoxy) is 2. The maximum atomic E-state index is 12.8. The number of ketones is 2. The summed E-state index contributed by atoms with van der Waals surface area (Å²) in [5, 5.41) is 0. The zero-order chi connectivity index (χ0) is 18.6. The molecule has 1 aliphatic heterocycles. The number of rotatable bonds is 2. The van der Waals surface area contributed by atoms with Gasteiger partial charge in [-0.1, -0.05) is 27.7 Å². The van der Waals surface area contributed by atoms with Crippen molar-refractivity contribution in [3.8, 4) is 0 Å². The van der Waals surface area contributed by atoms with Gasteiger partial charge in [0.15, 0.2) is 11.6 Å². The Morgan fingerprint density at radius 1 is 0.960 bits per heavy atom. The van der Waals surface area contributed by atoms with Crippen LogP contribution >= 0.6 is 0 Å². The normalized spacial score (nSPS) is 25.3. The average Bonchev–Trinajstić information content (AvgIpc) is 2.42. The number of hydrogen-bond acceptors (Lipinski definition) is 5. The van der Waals surface area contributed by atoms with E-state index in [9.17, 15) is 14.4 Å². The Balaban J connectivity index is 2.09. The quantitative estimate of drug-likeness (QED) is 0.716. The van der Waals surface area contributed by atoms with Crippen LogP contribution in [0.15, 0.2) is 22.7 Å². The van der Waals surface area contributed by atoms with Crippen molar-refractivity contribution in [2.75, 3.05) is 7.11 Å². The highest BCUT2D eigenvalue weighted by Crippen LogP contribution is 2.51. The third kappa shape index (κ3) is 3.29. The van der Waals surface area contributed by atoms with Crippen molar-refractivity contribution in [2.24, 2.45) is 16.7 Å². The molecule has 0 bridgehead atoms. The molecule has 0 unspecified atom stereocenters. The fourth-order valence-corrected chi connectivity index (χ4v) is 4.26. The van der Waals surface area contributed by atoms with Gasteiger partial charge in [0.1, 0.15) is 11.5 Å². The van der Waals surface area contributed by atoms with Crippen molar-refractivity contribution in [1.82, 2.24) is 0 Å². The standard InChI is InChI=1S/C20H26O5/c1-19(2)7-12(21)17-11(6-16(23)24-5)18-13(22)8-20(3,4)10-15(18)25-14(17)9-19/h11H,6-10H2,1-5H3. The number of methoxy groups -OCH3 is 1. The molecule has 2 aliphatic carbocycles. The Kier molecular flexibility index (Phi) is 4.17. The van der Waals surface area contributed by atoms with Gasteiger partial charge in [-0.05, 0) is 10.8 Å². The smallest absolute Gasteiger partial charge is 0.306 e. The molecule has 0 spiro atoms. The van der Waals surface area contributed by atoms with Crippen LogP contribution < -0.4 is 0 Å². The molecule has 0 fully saturated rings. The molecule has 0 amide bonds. The average molecular weight is 346 g/mol. The van der Waals surface area contributed by atoms with Gasteiger partial charge in [-0.3, -0.25) is 14.4 Å². The van der Waals surface area contributed by atoms with Crippen molar-refractivity contribution in [2.45, 2.75) is 59.8 Å². The van der Waals surface area contributed by atoms with Crippen LogP contribution in [0.25, 0.3) is 0 Å². The summed E-state index contributed by atoms with van der Waals surface area (Å²) in [4.78, 5) is 37.6. The molecule has 0 saturated carbocycles. The van der Waals surface area contributed by atoms with Gasteiger partial charge in [-0.2, -0.15) is 0 Å². The van der Waals surface area contributed by atoms with E-state index in [1.54, 1.807) is 0 Å². The summed E-state index contributed by atoms with van der Waals surface area (Å²) in [6.45, 7) is 8.14. The Labute approximate surface area is 148 Å². The van der Waals surface area contributed by atoms with Gasteiger partial charge in [-0.25, -0.2) is 0 Å². The van der Waals surface area contributed by atoms with Crippen LogP contribution in [0, 0.1) is 16.7 Å². The summed E-state index contributed by atoms with van der Waals surface area (Å²) < 4.78 is 10.9. The predicted octanol–water partition coefficient (Wildman–Crippen LogP) is 3.48. The zero-order valence-electron chi connectivity index (χ0n) is 15.7. The van der Waals surface area contributed by atoms with Gasteiger partial charge in [0.05, 0.1) is 13.5 Å². The highest BCUT2D eigenvalue weighted by molar-refractivity contribution is 6.05. The summed E-state index contributed by atoms with van der Waals surface area (Å²) in [7, 11) is 1.32. The molecule has 3 rings (SSSR count). The molecule has 25 heavy (non-hydrogen) atoms. The molecule has 1 heterocycles. The second-order valence-electron chi connectivity index (χ2n) is 8.99. The van der Waals surface area contributed by atoms with E-state index in [4.69, 9.17) is 9.47 Å². The summed E-state index contributed by atoms with van der Waals surface area (Å²) in [6.07, 6.45) is 2.08. The molecule has 0 aromatic carbocycles. The monoisotopic (exact) mass is 346 g/mol. The van der Waals surface area contributed by atoms with Crippen molar-refractivity contribution >= 4 is 17.5 Å². The fourth-order valence-electron chi connectivity index (χ4n) is 4.26. The number of allylic oxidation sites excluding steroid dienone is 4. The van der Waals surface area contributed by atoms with Gasteiger partial charge in [0.2, 0.25) is 0 Å². The molecule has 0 saturated heterocycles. The van der Waals surface area contributed by atoms with Crippen LogP contribution in [0.1, 0.15) is 59.8 Å². The van der Waals surface area contributed by atoms with Crippen molar-refractivity contribution < 1.29 is 23.9 Å². The Morgan fingerprint density at radius 3 is 1.80 bits per heavy atom. The predicted molar refractivity (Wildman–Crippen MR) is 91.3 cm³/mol. The first-order chi connectivity index (χ1) is 11.5. The van der Waals surface area contributed by atoms with Gasteiger partial charge in [0.25, 0.3) is 0 Å². The minimum atomic E-state index is -0.529. The topological polar surface area (TPSA) is 69.7 Å². The van der Waals surface area contributed by atoms with Crippen LogP contribution in [0.3, 0.4) is 0 Å². The van der Waals surface area contributed by atoms with Crippen LogP contribution in [0.4, 0.5) is 0 Å². The Hall–Kier alpha value is -1.91. The SMILES string of the molecule is COC(=O)CC1C2=C(CC(C)(C)CC2=O)OC2=C1C(=O)CC(C)(C)C2. The zero-order valence-corrected chi connectivity index (χ0v) is 15.7. The van der Waals surface area contributed by atoms with E-state index in [-0.39, 0.29) is 28.8 Å². The second kappa shape index (κ2) is 5.82. The van der Waals surface area contributed by atoms with E-state index in [1.807, 2.05) is 27.7 Å². The molecule has 0 aromatic heterocycles. The minimum Gasteiger partial charge on any atom is -0.469 e. The summed E-state index contributed by atoms with van der Waals surface area (Å²) in [5.41, 5.74) is 0.656. The molecule has 5 heteroatoms. The molecule has 5 nitrogen and oxygen atoms in total. The maximum absolute atomic E-state index is 12.8. The number of esters is 1. The second-order valence-corrected chi connectivity index (χ2v) is 8.99. The lowest BCUT2D eigenvalue weighted by Gasteiger charge is -2.42. The van der Waals surface area contributed by atoms with E-state index < -0.39 is 11.9 Å². The van der Waals surface area contributed by atoms with E-state index in [2.05, 4.69) is 0 Å². The lowest BCUT2D eigenvalue weighted by Crippen LogP contribution is -2.39. The van der Waals surface area contributed by atoms with Crippen molar-refractivity contribution in [1.29, 1.82) is 0 Å². The number of Topliss-reactive ketones (excluding diaryl/α,β-unsaturated/α-hetero) is 2. The molecule has 0 radical (unpaired) electrons. The summed E-state index contributed by atoms with van der Waals surface area (Å²) in [5.74, 6) is 0.284. The number of hydrogen-bond donors (Lipinski definition) is 0. The molecule has 0 atom stereocenters.